The highest BCUT2D eigenvalue weighted by Crippen LogP contribution is 2.23. The number of ether oxygens (including phenoxy) is 1. The van der Waals surface area contributed by atoms with E-state index < -0.39 is 0 Å². The van der Waals surface area contributed by atoms with E-state index in [1.807, 2.05) is 59.2 Å². The monoisotopic (exact) mass is 407 g/mol. The second-order valence-electron chi connectivity index (χ2n) is 6.36. The van der Waals surface area contributed by atoms with Crippen molar-refractivity contribution in [3.63, 3.8) is 0 Å². The molecule has 7 nitrogen and oxygen atoms in total. The van der Waals surface area contributed by atoms with E-state index in [1.165, 1.54) is 11.8 Å². The quantitative estimate of drug-likeness (QED) is 0.355. The van der Waals surface area contributed by atoms with Crippen LogP contribution in [0.2, 0.25) is 0 Å². The molecular weight excluding hydrogens is 386 g/mol. The van der Waals surface area contributed by atoms with Crippen molar-refractivity contribution in [1.29, 1.82) is 0 Å². The first-order chi connectivity index (χ1) is 14.2. The summed E-state index contributed by atoms with van der Waals surface area (Å²) < 4.78 is 7.01. The number of carbonyl (C=O) groups is 1. The van der Waals surface area contributed by atoms with Crippen molar-refractivity contribution in [3.05, 3.63) is 66.2 Å². The van der Waals surface area contributed by atoms with Crippen LogP contribution in [0.1, 0.15) is 18.6 Å². The average Bonchev–Trinajstić information content (AvgIpc) is 3.35. The lowest BCUT2D eigenvalue weighted by atomic mass is 10.2. The number of aromatic amines is 1. The number of aromatic nitrogens is 5. The van der Waals surface area contributed by atoms with Gasteiger partial charge in [0, 0.05) is 18.5 Å². The Balaban J connectivity index is 1.56. The van der Waals surface area contributed by atoms with Gasteiger partial charge in [0.1, 0.15) is 11.6 Å². The summed E-state index contributed by atoms with van der Waals surface area (Å²) in [6.45, 7) is 2.17. The number of hydrogen-bond acceptors (Lipinski definition) is 6. The number of benzene rings is 2. The standard InChI is InChI=1S/C21H21N5O2S/c1-2-28-20(27)14-29-21-25-24-19(26(21)15-8-4-3-5-9-15)13-12-18-22-16-10-6-7-11-17(16)23-18/h3-11H,2,12-14H2,1H3,(H,22,23). The van der Waals surface area contributed by atoms with Crippen LogP contribution in [0.5, 0.6) is 0 Å². The Bertz CT molecular complexity index is 1070. The first kappa shape index (κ1) is 19.2. The second kappa shape index (κ2) is 8.91. The van der Waals surface area contributed by atoms with E-state index in [9.17, 15) is 4.79 Å². The van der Waals surface area contributed by atoms with Gasteiger partial charge in [-0.1, -0.05) is 42.1 Å². The Morgan fingerprint density at radius 2 is 1.86 bits per heavy atom. The maximum Gasteiger partial charge on any atom is 0.316 e. The Morgan fingerprint density at radius 1 is 1.07 bits per heavy atom. The molecule has 2 aromatic heterocycles. The van der Waals surface area contributed by atoms with Crippen molar-refractivity contribution in [2.75, 3.05) is 12.4 Å². The number of H-pyrrole nitrogens is 1. The molecule has 0 bridgehead atoms. The molecule has 4 aromatic rings. The third-order valence-corrected chi connectivity index (χ3v) is 5.27. The molecule has 0 saturated carbocycles. The van der Waals surface area contributed by atoms with Crippen LogP contribution >= 0.6 is 11.8 Å². The summed E-state index contributed by atoms with van der Waals surface area (Å²) in [5.41, 5.74) is 2.94. The molecule has 0 fully saturated rings. The number of carbonyl (C=O) groups excluding carboxylic acids is 1. The zero-order valence-corrected chi connectivity index (χ0v) is 16.9. The molecule has 148 valence electrons. The third kappa shape index (κ3) is 4.48. The fourth-order valence-corrected chi connectivity index (χ4v) is 3.84. The predicted octanol–water partition coefficient (Wildman–Crippen LogP) is 3.58. The fraction of sp³-hybridized carbons (Fsp3) is 0.238. The minimum Gasteiger partial charge on any atom is -0.465 e. The average molecular weight is 407 g/mol. The molecule has 0 amide bonds. The highest BCUT2D eigenvalue weighted by molar-refractivity contribution is 7.99. The molecular formula is C21H21N5O2S. The number of hydrogen-bond donors (Lipinski definition) is 1. The lowest BCUT2D eigenvalue weighted by Crippen LogP contribution is -2.09. The maximum absolute atomic E-state index is 11.8. The SMILES string of the molecule is CCOC(=O)CSc1nnc(CCc2nc3ccccc3[nH]2)n1-c1ccccc1. The van der Waals surface area contributed by atoms with Crippen LogP contribution in [0.15, 0.2) is 59.8 Å². The third-order valence-electron chi connectivity index (χ3n) is 4.36. The topological polar surface area (TPSA) is 85.7 Å². The summed E-state index contributed by atoms with van der Waals surface area (Å²) in [5, 5.41) is 9.37. The van der Waals surface area contributed by atoms with Gasteiger partial charge in [-0.15, -0.1) is 10.2 Å². The Kier molecular flexibility index (Phi) is 5.90. The molecule has 0 aliphatic rings. The summed E-state index contributed by atoms with van der Waals surface area (Å²) >= 11 is 1.33. The largest absolute Gasteiger partial charge is 0.465 e. The fourth-order valence-electron chi connectivity index (χ4n) is 3.07. The molecule has 8 heteroatoms. The van der Waals surface area contributed by atoms with Gasteiger partial charge in [-0.05, 0) is 31.2 Å². The smallest absolute Gasteiger partial charge is 0.316 e. The molecule has 4 rings (SSSR count). The van der Waals surface area contributed by atoms with Gasteiger partial charge in [-0.2, -0.15) is 0 Å². The van der Waals surface area contributed by atoms with Crippen molar-refractivity contribution in [2.45, 2.75) is 24.9 Å². The Morgan fingerprint density at radius 3 is 2.66 bits per heavy atom. The molecule has 0 saturated heterocycles. The molecule has 0 atom stereocenters. The molecule has 2 aromatic carbocycles. The first-order valence-electron chi connectivity index (χ1n) is 9.46. The first-order valence-corrected chi connectivity index (χ1v) is 10.4. The summed E-state index contributed by atoms with van der Waals surface area (Å²) in [4.78, 5) is 19.7. The van der Waals surface area contributed by atoms with Crippen LogP contribution in [0, 0.1) is 0 Å². The van der Waals surface area contributed by atoms with E-state index in [1.54, 1.807) is 6.92 Å². The molecule has 0 unspecified atom stereocenters. The minimum atomic E-state index is -0.260. The number of fused-ring (bicyclic) bond motifs is 1. The maximum atomic E-state index is 11.8. The van der Waals surface area contributed by atoms with Crippen LogP contribution in [0.4, 0.5) is 0 Å². The summed E-state index contributed by atoms with van der Waals surface area (Å²) in [5.74, 6) is 1.67. The van der Waals surface area contributed by atoms with E-state index in [2.05, 4.69) is 20.2 Å². The Hall–Kier alpha value is -3.13. The van der Waals surface area contributed by atoms with Crippen molar-refractivity contribution >= 4 is 28.8 Å². The lowest BCUT2D eigenvalue weighted by molar-refractivity contribution is -0.139. The van der Waals surface area contributed by atoms with Crippen LogP contribution in [0.25, 0.3) is 16.7 Å². The van der Waals surface area contributed by atoms with Crippen LogP contribution in [0.3, 0.4) is 0 Å². The highest BCUT2D eigenvalue weighted by Gasteiger charge is 2.16. The van der Waals surface area contributed by atoms with Gasteiger partial charge in [-0.25, -0.2) is 4.98 Å². The zero-order valence-electron chi connectivity index (χ0n) is 16.0. The van der Waals surface area contributed by atoms with Crippen LogP contribution in [-0.2, 0) is 22.4 Å². The van der Waals surface area contributed by atoms with Crippen molar-refractivity contribution < 1.29 is 9.53 Å². The number of nitrogens with zero attached hydrogens (tertiary/aromatic N) is 4. The van der Waals surface area contributed by atoms with Crippen LogP contribution < -0.4 is 0 Å². The summed E-state index contributed by atoms with van der Waals surface area (Å²) in [7, 11) is 0. The summed E-state index contributed by atoms with van der Waals surface area (Å²) in [6.07, 6.45) is 1.38. The van der Waals surface area contributed by atoms with Crippen molar-refractivity contribution in [1.82, 2.24) is 24.7 Å². The molecule has 0 aliphatic heterocycles. The van der Waals surface area contributed by atoms with Gasteiger partial charge in [0.2, 0.25) is 0 Å². The van der Waals surface area contributed by atoms with Gasteiger partial charge in [0.15, 0.2) is 5.16 Å². The van der Waals surface area contributed by atoms with Crippen LogP contribution in [-0.4, -0.2) is 43.1 Å². The molecule has 0 aliphatic carbocycles. The summed E-state index contributed by atoms with van der Waals surface area (Å²) in [6, 6.07) is 17.9. The number of imidazole rings is 1. The van der Waals surface area contributed by atoms with E-state index in [0.29, 0.717) is 24.6 Å². The number of esters is 1. The molecule has 0 radical (unpaired) electrons. The molecule has 0 spiro atoms. The van der Waals surface area contributed by atoms with Gasteiger partial charge in [-0.3, -0.25) is 9.36 Å². The molecule has 29 heavy (non-hydrogen) atoms. The zero-order chi connectivity index (χ0) is 20.1. The van der Waals surface area contributed by atoms with Crippen molar-refractivity contribution in [3.8, 4) is 5.69 Å². The molecule has 2 heterocycles. The normalized spacial score (nSPS) is 11.1. The number of nitrogens with one attached hydrogen (secondary N) is 1. The molecule has 1 N–H and O–H groups in total. The lowest BCUT2D eigenvalue weighted by Gasteiger charge is -2.09. The number of thioether (sulfide) groups is 1. The predicted molar refractivity (Wildman–Crippen MR) is 112 cm³/mol. The van der Waals surface area contributed by atoms with Crippen molar-refractivity contribution in [2.24, 2.45) is 0 Å². The minimum absolute atomic E-state index is 0.197. The number of rotatable bonds is 8. The Labute approximate surface area is 172 Å². The highest BCUT2D eigenvalue weighted by atomic mass is 32.2. The van der Waals surface area contributed by atoms with E-state index in [4.69, 9.17) is 4.74 Å². The van der Waals surface area contributed by atoms with Gasteiger partial charge in [0.25, 0.3) is 0 Å². The van der Waals surface area contributed by atoms with Gasteiger partial charge in [0.05, 0.1) is 23.4 Å². The van der Waals surface area contributed by atoms with E-state index in [0.717, 1.165) is 28.4 Å². The number of aryl methyl sites for hydroxylation is 2. The van der Waals surface area contributed by atoms with Gasteiger partial charge < -0.3 is 9.72 Å². The second-order valence-corrected chi connectivity index (χ2v) is 7.31. The van der Waals surface area contributed by atoms with Gasteiger partial charge >= 0.3 is 5.97 Å². The van der Waals surface area contributed by atoms with E-state index in [-0.39, 0.29) is 11.7 Å². The number of para-hydroxylation sites is 3. The van der Waals surface area contributed by atoms with E-state index >= 15 is 0 Å².